The van der Waals surface area contributed by atoms with Gasteiger partial charge in [-0.1, -0.05) is 6.07 Å². The van der Waals surface area contributed by atoms with Gasteiger partial charge in [0.25, 0.3) is 10.0 Å². The van der Waals surface area contributed by atoms with Crippen LogP contribution in [0.2, 0.25) is 0 Å². The molecule has 1 fully saturated rings. The Morgan fingerprint density at radius 3 is 2.83 bits per heavy atom. The van der Waals surface area contributed by atoms with E-state index in [1.807, 2.05) is 24.9 Å². The predicted molar refractivity (Wildman–Crippen MR) is 135 cm³/mol. The molecule has 1 aromatic carbocycles. The SMILES string of the molecule is CCS(=O)(=O)/N=C(\Nc1cccc(C(=O)OC)c1)N1CCN(c2ncnc3[nH]cc(C)c23)C[C@@H]1C. The van der Waals surface area contributed by atoms with Gasteiger partial charge in [0.2, 0.25) is 5.96 Å². The molecular weight excluding hydrogens is 470 g/mol. The fraction of sp³-hybridized carbons (Fsp3) is 0.391. The molecule has 0 bridgehead atoms. The number of anilines is 2. The molecule has 2 aromatic heterocycles. The van der Waals surface area contributed by atoms with E-state index in [0.29, 0.717) is 30.9 Å². The molecule has 35 heavy (non-hydrogen) atoms. The summed E-state index contributed by atoms with van der Waals surface area (Å²) >= 11 is 0. The zero-order chi connectivity index (χ0) is 25.2. The third-order valence-corrected chi connectivity index (χ3v) is 7.16. The van der Waals surface area contributed by atoms with Crippen molar-refractivity contribution in [3.63, 3.8) is 0 Å². The molecule has 12 heteroatoms. The van der Waals surface area contributed by atoms with Crippen molar-refractivity contribution in [1.29, 1.82) is 0 Å². The van der Waals surface area contributed by atoms with Gasteiger partial charge in [0.1, 0.15) is 17.8 Å². The molecule has 0 spiro atoms. The number of methoxy groups -OCH3 is 1. The number of nitrogens with one attached hydrogen (secondary N) is 2. The van der Waals surface area contributed by atoms with Gasteiger partial charge in [0, 0.05) is 37.6 Å². The van der Waals surface area contributed by atoms with Crippen molar-refractivity contribution in [2.24, 2.45) is 4.40 Å². The summed E-state index contributed by atoms with van der Waals surface area (Å²) in [4.78, 5) is 28.1. The Bertz CT molecular complexity index is 1370. The number of carbonyl (C=O) groups is 1. The second-order valence-corrected chi connectivity index (χ2v) is 10.3. The molecule has 0 saturated carbocycles. The molecule has 1 aliphatic heterocycles. The average Bonchev–Trinajstić information content (AvgIpc) is 3.24. The molecule has 3 heterocycles. The summed E-state index contributed by atoms with van der Waals surface area (Å²) in [6, 6.07) is 6.58. The van der Waals surface area contributed by atoms with E-state index in [1.165, 1.54) is 7.11 Å². The monoisotopic (exact) mass is 499 g/mol. The number of piperazine rings is 1. The summed E-state index contributed by atoms with van der Waals surface area (Å²) in [5, 5.41) is 4.10. The fourth-order valence-corrected chi connectivity index (χ4v) is 4.66. The number of benzene rings is 1. The number of hydrogen-bond acceptors (Lipinski definition) is 7. The Kier molecular flexibility index (Phi) is 6.92. The second-order valence-electron chi connectivity index (χ2n) is 8.36. The van der Waals surface area contributed by atoms with Crippen LogP contribution in [0.15, 0.2) is 41.2 Å². The third-order valence-electron chi connectivity index (χ3n) is 5.98. The lowest BCUT2D eigenvalue weighted by Crippen LogP contribution is -2.56. The molecule has 186 valence electrons. The van der Waals surface area contributed by atoms with Crippen molar-refractivity contribution in [1.82, 2.24) is 19.9 Å². The summed E-state index contributed by atoms with van der Waals surface area (Å²) in [6.45, 7) is 7.29. The van der Waals surface area contributed by atoms with Crippen molar-refractivity contribution >= 4 is 44.5 Å². The Labute approximate surface area is 204 Å². The lowest BCUT2D eigenvalue weighted by Gasteiger charge is -2.42. The molecule has 0 radical (unpaired) electrons. The summed E-state index contributed by atoms with van der Waals surface area (Å²) in [7, 11) is -2.37. The van der Waals surface area contributed by atoms with E-state index in [4.69, 9.17) is 4.74 Å². The average molecular weight is 500 g/mol. The number of aromatic amines is 1. The number of aryl methyl sites for hydroxylation is 1. The van der Waals surface area contributed by atoms with Crippen molar-refractivity contribution in [3.8, 4) is 0 Å². The molecule has 1 saturated heterocycles. The lowest BCUT2D eigenvalue weighted by molar-refractivity contribution is 0.0600. The van der Waals surface area contributed by atoms with Gasteiger partial charge in [-0.25, -0.2) is 23.2 Å². The van der Waals surface area contributed by atoms with Crippen molar-refractivity contribution in [2.75, 3.05) is 42.7 Å². The van der Waals surface area contributed by atoms with Gasteiger partial charge in [-0.15, -0.1) is 4.40 Å². The van der Waals surface area contributed by atoms with Gasteiger partial charge >= 0.3 is 5.97 Å². The summed E-state index contributed by atoms with van der Waals surface area (Å²) in [5.41, 5.74) is 2.73. The number of hydrogen-bond donors (Lipinski definition) is 2. The minimum atomic E-state index is -3.68. The number of esters is 1. The number of carbonyl (C=O) groups excluding carboxylic acids is 1. The van der Waals surface area contributed by atoms with E-state index in [2.05, 4.69) is 29.6 Å². The molecule has 11 nitrogen and oxygen atoms in total. The summed E-state index contributed by atoms with van der Waals surface area (Å²) in [6.07, 6.45) is 3.45. The smallest absolute Gasteiger partial charge is 0.337 e. The number of rotatable bonds is 5. The number of nitrogens with zero attached hydrogens (tertiary/aromatic N) is 5. The van der Waals surface area contributed by atoms with E-state index in [-0.39, 0.29) is 17.8 Å². The third kappa shape index (κ3) is 5.21. The molecule has 4 rings (SSSR count). The van der Waals surface area contributed by atoms with Gasteiger partial charge in [-0.05, 0) is 44.5 Å². The van der Waals surface area contributed by atoms with Gasteiger partial charge in [-0.2, -0.15) is 0 Å². The Morgan fingerprint density at radius 2 is 2.11 bits per heavy atom. The van der Waals surface area contributed by atoms with Crippen LogP contribution in [0.25, 0.3) is 11.0 Å². The van der Waals surface area contributed by atoms with Crippen LogP contribution in [-0.2, 0) is 14.8 Å². The molecule has 0 amide bonds. The van der Waals surface area contributed by atoms with Gasteiger partial charge in [-0.3, -0.25) is 0 Å². The highest BCUT2D eigenvalue weighted by Crippen LogP contribution is 2.28. The molecular formula is C23H29N7O4S. The second kappa shape index (κ2) is 9.90. The van der Waals surface area contributed by atoms with Crippen LogP contribution in [-0.4, -0.2) is 78.7 Å². The quantitative estimate of drug-likeness (QED) is 0.308. The minimum Gasteiger partial charge on any atom is -0.465 e. The number of sulfonamides is 1. The predicted octanol–water partition coefficient (Wildman–Crippen LogP) is 2.38. The van der Waals surface area contributed by atoms with Crippen LogP contribution >= 0.6 is 0 Å². The first kappa shape index (κ1) is 24.5. The molecule has 2 N–H and O–H groups in total. The first-order valence-corrected chi connectivity index (χ1v) is 12.9. The van der Waals surface area contributed by atoms with E-state index >= 15 is 0 Å². The van der Waals surface area contributed by atoms with Crippen molar-refractivity contribution < 1.29 is 17.9 Å². The van der Waals surface area contributed by atoms with Crippen LogP contribution < -0.4 is 10.2 Å². The maximum Gasteiger partial charge on any atom is 0.337 e. The maximum absolute atomic E-state index is 12.5. The molecule has 1 aliphatic rings. The molecule has 0 aliphatic carbocycles. The highest BCUT2D eigenvalue weighted by atomic mass is 32.2. The van der Waals surface area contributed by atoms with Gasteiger partial charge in [0.05, 0.1) is 23.8 Å². The van der Waals surface area contributed by atoms with Crippen molar-refractivity contribution in [2.45, 2.75) is 26.8 Å². The molecule has 1 atom stereocenters. The van der Waals surface area contributed by atoms with Crippen LogP contribution in [0, 0.1) is 6.92 Å². The van der Waals surface area contributed by atoms with Crippen molar-refractivity contribution in [3.05, 3.63) is 47.9 Å². The first-order valence-electron chi connectivity index (χ1n) is 11.3. The normalized spacial score (nSPS) is 17.0. The molecule has 0 unspecified atom stereocenters. The zero-order valence-electron chi connectivity index (χ0n) is 20.1. The Hall–Kier alpha value is -3.67. The fourth-order valence-electron chi connectivity index (χ4n) is 4.12. The number of fused-ring (bicyclic) bond motifs is 1. The highest BCUT2D eigenvalue weighted by molar-refractivity contribution is 7.90. The van der Waals surface area contributed by atoms with E-state index in [9.17, 15) is 13.2 Å². The largest absolute Gasteiger partial charge is 0.465 e. The van der Waals surface area contributed by atoms with Crippen LogP contribution in [0.1, 0.15) is 29.8 Å². The van der Waals surface area contributed by atoms with Crippen LogP contribution in [0.3, 0.4) is 0 Å². The summed E-state index contributed by atoms with van der Waals surface area (Å²) in [5.74, 6) is 0.456. The van der Waals surface area contributed by atoms with Gasteiger partial charge < -0.3 is 24.8 Å². The van der Waals surface area contributed by atoms with E-state index < -0.39 is 16.0 Å². The zero-order valence-corrected chi connectivity index (χ0v) is 21.0. The topological polar surface area (TPSA) is 133 Å². The standard InChI is InChI=1S/C23H29N7O4S/c1-5-35(32,33)28-23(27-18-8-6-7-17(11-18)22(31)34-4)30-10-9-29(13-16(30)3)21-19-15(2)12-24-20(19)25-14-26-21/h6-8,11-12,14,16H,5,9-10,13H2,1-4H3,(H,27,28)(H,24,25,26)/t16-/m0/s1. The number of guanidine groups is 1. The van der Waals surface area contributed by atoms with Crippen LogP contribution in [0.5, 0.6) is 0 Å². The van der Waals surface area contributed by atoms with Crippen LogP contribution in [0.4, 0.5) is 11.5 Å². The van der Waals surface area contributed by atoms with Gasteiger partial charge in [0.15, 0.2) is 0 Å². The highest BCUT2D eigenvalue weighted by Gasteiger charge is 2.29. The number of aromatic nitrogens is 3. The molecule has 3 aromatic rings. The van der Waals surface area contributed by atoms with E-state index in [0.717, 1.165) is 22.4 Å². The Morgan fingerprint density at radius 1 is 1.31 bits per heavy atom. The van der Waals surface area contributed by atoms with E-state index in [1.54, 1.807) is 37.5 Å². The Balaban J connectivity index is 1.62. The first-order chi connectivity index (χ1) is 16.7. The number of ether oxygens (including phenoxy) is 1. The maximum atomic E-state index is 12.5. The lowest BCUT2D eigenvalue weighted by atomic mass is 10.1. The minimum absolute atomic E-state index is 0.0879. The summed E-state index contributed by atoms with van der Waals surface area (Å²) < 4.78 is 33.8. The number of H-pyrrole nitrogens is 1.